The van der Waals surface area contributed by atoms with E-state index in [-0.39, 0.29) is 17.9 Å². The van der Waals surface area contributed by atoms with E-state index in [2.05, 4.69) is 21.7 Å². The Morgan fingerprint density at radius 1 is 1.39 bits per heavy atom. The van der Waals surface area contributed by atoms with Crippen molar-refractivity contribution < 1.29 is 4.79 Å². The number of aryl methyl sites for hydroxylation is 2. The lowest BCUT2D eigenvalue weighted by Gasteiger charge is -2.13. The van der Waals surface area contributed by atoms with E-state index in [0.717, 1.165) is 45.4 Å². The van der Waals surface area contributed by atoms with Crippen molar-refractivity contribution in [2.24, 2.45) is 11.7 Å². The number of carbonyl (C=O) groups is 1. The average molecular weight is 348 g/mol. The van der Waals surface area contributed by atoms with E-state index in [1.54, 1.807) is 23.1 Å². The first kappa shape index (κ1) is 16.5. The van der Waals surface area contributed by atoms with Gasteiger partial charge in [0.1, 0.15) is 0 Å². The van der Waals surface area contributed by atoms with Crippen molar-refractivity contribution in [3.8, 4) is 0 Å². The Morgan fingerprint density at radius 2 is 2.22 bits per heavy atom. The first-order valence-corrected chi connectivity index (χ1v) is 9.48. The van der Waals surface area contributed by atoms with Gasteiger partial charge in [-0.3, -0.25) is 4.79 Å². The van der Waals surface area contributed by atoms with Gasteiger partial charge in [-0.15, -0.1) is 11.3 Å². The molecule has 0 spiro atoms. The van der Waals surface area contributed by atoms with Gasteiger partial charge in [-0.05, 0) is 56.9 Å². The molecule has 0 radical (unpaired) electrons. The minimum absolute atomic E-state index is 0.0525. The first-order chi connectivity index (χ1) is 11.0. The monoisotopic (exact) mass is 347 g/mol. The van der Waals surface area contributed by atoms with Crippen LogP contribution in [0.25, 0.3) is 0 Å². The van der Waals surface area contributed by atoms with Gasteiger partial charge in [-0.1, -0.05) is 11.8 Å². The molecular formula is C17H21N3OS2. The summed E-state index contributed by atoms with van der Waals surface area (Å²) in [4.78, 5) is 17.9. The van der Waals surface area contributed by atoms with Crippen molar-refractivity contribution in [1.29, 1.82) is 0 Å². The second-order valence-corrected chi connectivity index (χ2v) is 8.27. The highest BCUT2D eigenvalue weighted by molar-refractivity contribution is 8.01. The predicted octanol–water partition coefficient (Wildman–Crippen LogP) is 3.98. The molecule has 1 aromatic heterocycles. The number of carbonyl (C=O) groups excluding carboxylic acids is 1. The molecular weight excluding hydrogens is 326 g/mol. The standard InChI is InChI=1S/C17H21N3OS2/c1-10-7-14(23-17-19-11(2)9-22-17)5-6-15(10)20-16(21)12-3-4-13(18)8-12/h5-7,9,12-13H,3-4,8,18H2,1-2H3,(H,20,21). The molecule has 1 aliphatic rings. The van der Waals surface area contributed by atoms with Gasteiger partial charge in [0.2, 0.25) is 5.91 Å². The highest BCUT2D eigenvalue weighted by Crippen LogP contribution is 2.33. The number of thiazole rings is 1. The number of nitrogens with one attached hydrogen (secondary N) is 1. The van der Waals surface area contributed by atoms with Gasteiger partial charge in [0, 0.05) is 33.6 Å². The molecule has 0 aliphatic heterocycles. The highest BCUT2D eigenvalue weighted by atomic mass is 32.2. The van der Waals surface area contributed by atoms with Crippen LogP contribution in [-0.4, -0.2) is 16.9 Å². The molecule has 1 aromatic carbocycles. The molecule has 3 rings (SSSR count). The molecule has 6 heteroatoms. The summed E-state index contributed by atoms with van der Waals surface area (Å²) in [6.45, 7) is 4.02. The topological polar surface area (TPSA) is 68.0 Å². The van der Waals surface area contributed by atoms with Gasteiger partial charge < -0.3 is 11.1 Å². The molecule has 1 fully saturated rings. The summed E-state index contributed by atoms with van der Waals surface area (Å²) >= 11 is 3.31. The largest absolute Gasteiger partial charge is 0.328 e. The van der Waals surface area contributed by atoms with E-state index in [1.165, 1.54) is 0 Å². The van der Waals surface area contributed by atoms with Crippen LogP contribution in [-0.2, 0) is 4.79 Å². The second-order valence-electron chi connectivity index (χ2n) is 6.09. The molecule has 4 nitrogen and oxygen atoms in total. The lowest BCUT2D eigenvalue weighted by atomic mass is 10.1. The summed E-state index contributed by atoms with van der Waals surface area (Å²) in [5, 5.41) is 5.10. The summed E-state index contributed by atoms with van der Waals surface area (Å²) in [5.74, 6) is 0.147. The summed E-state index contributed by atoms with van der Waals surface area (Å²) in [5.41, 5.74) is 8.90. The third-order valence-electron chi connectivity index (χ3n) is 4.10. The summed E-state index contributed by atoms with van der Waals surface area (Å²) in [7, 11) is 0. The molecule has 2 aromatic rings. The second kappa shape index (κ2) is 7.03. The van der Waals surface area contributed by atoms with Crippen LogP contribution in [0.1, 0.15) is 30.5 Å². The third kappa shape index (κ3) is 4.13. The molecule has 3 N–H and O–H groups in total. The fraction of sp³-hybridized carbons (Fsp3) is 0.412. The summed E-state index contributed by atoms with van der Waals surface area (Å²) < 4.78 is 1.04. The number of benzene rings is 1. The fourth-order valence-corrected chi connectivity index (χ4v) is 4.72. The lowest BCUT2D eigenvalue weighted by Crippen LogP contribution is -2.23. The molecule has 1 saturated carbocycles. The molecule has 122 valence electrons. The van der Waals surface area contributed by atoms with Crippen LogP contribution in [0, 0.1) is 19.8 Å². The SMILES string of the molecule is Cc1csc(Sc2ccc(NC(=O)C3CCC(N)C3)c(C)c2)n1. The number of nitrogens with two attached hydrogens (primary N) is 1. The molecule has 0 bridgehead atoms. The Bertz CT molecular complexity index is 714. The van der Waals surface area contributed by atoms with Crippen molar-refractivity contribution in [1.82, 2.24) is 4.98 Å². The number of nitrogens with zero attached hydrogens (tertiary/aromatic N) is 1. The Morgan fingerprint density at radius 3 is 2.83 bits per heavy atom. The van der Waals surface area contributed by atoms with Gasteiger partial charge >= 0.3 is 0 Å². The van der Waals surface area contributed by atoms with Crippen LogP contribution in [0.3, 0.4) is 0 Å². The summed E-state index contributed by atoms with van der Waals surface area (Å²) in [6.07, 6.45) is 2.63. The predicted molar refractivity (Wildman–Crippen MR) is 96.1 cm³/mol. The van der Waals surface area contributed by atoms with Crippen LogP contribution in [0.2, 0.25) is 0 Å². The zero-order valence-electron chi connectivity index (χ0n) is 13.3. The first-order valence-electron chi connectivity index (χ1n) is 7.78. The summed E-state index contributed by atoms with van der Waals surface area (Å²) in [6, 6.07) is 6.28. The van der Waals surface area contributed by atoms with Crippen LogP contribution in [0.5, 0.6) is 0 Å². The van der Waals surface area contributed by atoms with Gasteiger partial charge in [-0.25, -0.2) is 4.98 Å². The van der Waals surface area contributed by atoms with Gasteiger partial charge in [0.05, 0.1) is 0 Å². The quantitative estimate of drug-likeness (QED) is 0.878. The molecule has 2 unspecified atom stereocenters. The molecule has 2 atom stereocenters. The maximum atomic E-state index is 12.3. The van der Waals surface area contributed by atoms with Gasteiger partial charge in [-0.2, -0.15) is 0 Å². The zero-order chi connectivity index (χ0) is 16.4. The van der Waals surface area contributed by atoms with Crippen molar-refractivity contribution in [2.45, 2.75) is 48.4 Å². The van der Waals surface area contributed by atoms with Crippen LogP contribution in [0.4, 0.5) is 5.69 Å². The number of hydrogen-bond donors (Lipinski definition) is 2. The van der Waals surface area contributed by atoms with E-state index in [0.29, 0.717) is 0 Å². The number of anilines is 1. The molecule has 0 saturated heterocycles. The average Bonchev–Trinajstić information content (AvgIpc) is 3.10. The van der Waals surface area contributed by atoms with Crippen LogP contribution >= 0.6 is 23.1 Å². The molecule has 1 heterocycles. The van der Waals surface area contributed by atoms with Crippen LogP contribution in [0.15, 0.2) is 32.8 Å². The Kier molecular flexibility index (Phi) is 5.04. The van der Waals surface area contributed by atoms with Crippen molar-refractivity contribution in [3.63, 3.8) is 0 Å². The van der Waals surface area contributed by atoms with E-state index in [9.17, 15) is 4.79 Å². The Hall–Kier alpha value is -1.37. The fourth-order valence-electron chi connectivity index (χ4n) is 2.81. The minimum atomic E-state index is 0.0525. The van der Waals surface area contributed by atoms with Gasteiger partial charge in [0.25, 0.3) is 0 Å². The third-order valence-corrected chi connectivity index (χ3v) is 6.15. The zero-order valence-corrected chi connectivity index (χ0v) is 15.0. The molecule has 23 heavy (non-hydrogen) atoms. The normalized spacial score (nSPS) is 20.7. The Labute approximate surface area is 144 Å². The van der Waals surface area contributed by atoms with E-state index in [4.69, 9.17) is 5.73 Å². The highest BCUT2D eigenvalue weighted by Gasteiger charge is 2.27. The van der Waals surface area contributed by atoms with Crippen molar-refractivity contribution >= 4 is 34.7 Å². The maximum absolute atomic E-state index is 12.3. The van der Waals surface area contributed by atoms with E-state index >= 15 is 0 Å². The number of hydrogen-bond acceptors (Lipinski definition) is 5. The van der Waals surface area contributed by atoms with Crippen LogP contribution < -0.4 is 11.1 Å². The lowest BCUT2D eigenvalue weighted by molar-refractivity contribution is -0.119. The maximum Gasteiger partial charge on any atom is 0.227 e. The number of amides is 1. The van der Waals surface area contributed by atoms with Gasteiger partial charge in [0.15, 0.2) is 4.34 Å². The van der Waals surface area contributed by atoms with E-state index in [1.807, 2.05) is 26.0 Å². The number of aromatic nitrogens is 1. The number of rotatable bonds is 4. The smallest absolute Gasteiger partial charge is 0.227 e. The van der Waals surface area contributed by atoms with E-state index < -0.39 is 0 Å². The molecule has 1 aliphatic carbocycles. The molecule has 1 amide bonds. The Balaban J connectivity index is 1.66. The van der Waals surface area contributed by atoms with Crippen molar-refractivity contribution in [2.75, 3.05) is 5.32 Å². The minimum Gasteiger partial charge on any atom is -0.328 e. The van der Waals surface area contributed by atoms with Crippen molar-refractivity contribution in [3.05, 3.63) is 34.8 Å².